The van der Waals surface area contributed by atoms with Crippen molar-refractivity contribution in [1.82, 2.24) is 14.5 Å². The molecular formula is C18H22F2N4O3. The van der Waals surface area contributed by atoms with Crippen molar-refractivity contribution in [3.8, 4) is 0 Å². The van der Waals surface area contributed by atoms with Gasteiger partial charge in [0.05, 0.1) is 6.10 Å². The topological polar surface area (TPSA) is 100 Å². The van der Waals surface area contributed by atoms with Crippen molar-refractivity contribution in [2.75, 3.05) is 5.32 Å². The van der Waals surface area contributed by atoms with E-state index in [1.807, 2.05) is 0 Å². The Morgan fingerprint density at radius 3 is 2.48 bits per heavy atom. The molecule has 2 atom stereocenters. The van der Waals surface area contributed by atoms with Crippen LogP contribution >= 0.6 is 0 Å². The monoisotopic (exact) mass is 380 g/mol. The van der Waals surface area contributed by atoms with E-state index in [-0.39, 0.29) is 17.4 Å². The number of aliphatic hydroxyl groups excluding tert-OH is 1. The number of aliphatic hydroxyl groups is 1. The minimum absolute atomic E-state index is 0.167. The first kappa shape index (κ1) is 19.2. The number of H-pyrrole nitrogens is 1. The van der Waals surface area contributed by atoms with E-state index in [2.05, 4.69) is 15.3 Å². The van der Waals surface area contributed by atoms with Crippen LogP contribution in [0.4, 0.5) is 14.7 Å². The summed E-state index contributed by atoms with van der Waals surface area (Å²) in [4.78, 5) is 30.0. The number of alkyl halides is 2. The quantitative estimate of drug-likeness (QED) is 0.685. The van der Waals surface area contributed by atoms with Crippen molar-refractivity contribution in [3.05, 3.63) is 56.4 Å². The Hall–Kier alpha value is -2.55. The molecule has 0 spiro atoms. The van der Waals surface area contributed by atoms with Crippen LogP contribution in [-0.4, -0.2) is 26.1 Å². The molecule has 1 aromatic heterocycles. The van der Waals surface area contributed by atoms with Crippen LogP contribution in [0.25, 0.3) is 0 Å². The molecule has 27 heavy (non-hydrogen) atoms. The van der Waals surface area contributed by atoms with E-state index in [0.717, 1.165) is 17.4 Å². The minimum atomic E-state index is -2.82. The van der Waals surface area contributed by atoms with Crippen LogP contribution < -0.4 is 16.7 Å². The zero-order valence-corrected chi connectivity index (χ0v) is 15.0. The third-order valence-corrected chi connectivity index (χ3v) is 4.60. The van der Waals surface area contributed by atoms with Crippen molar-refractivity contribution < 1.29 is 13.9 Å². The normalized spacial score (nSPS) is 16.6. The summed E-state index contributed by atoms with van der Waals surface area (Å²) in [5.41, 5.74) is -0.738. The van der Waals surface area contributed by atoms with Gasteiger partial charge in [-0.15, -0.1) is 0 Å². The maximum absolute atomic E-state index is 13.7. The molecule has 146 valence electrons. The summed E-state index contributed by atoms with van der Waals surface area (Å²) in [6, 6.07) is 4.41. The van der Waals surface area contributed by atoms with Gasteiger partial charge in [0.25, 0.3) is 6.43 Å². The van der Waals surface area contributed by atoms with E-state index < -0.39 is 36.0 Å². The molecule has 1 fully saturated rings. The Balaban J connectivity index is 1.90. The standard InChI is InChI=1S/C18H22F2N4O3/c1-9(2)24-17(26)22-16(23-18(24)27)21-13(15(19)20)11-4-3-5-12(8-11)14(25)10-6-7-10/h3-5,8-10,13-15,25H,6-7H2,1-2H3,(H2,21,22,23,26,27)/t13-,14+/m1/s1. The molecule has 1 aliphatic carbocycles. The lowest BCUT2D eigenvalue weighted by molar-refractivity contribution is 0.123. The van der Waals surface area contributed by atoms with Crippen molar-refractivity contribution in [3.63, 3.8) is 0 Å². The molecule has 9 heteroatoms. The highest BCUT2D eigenvalue weighted by Gasteiger charge is 2.31. The number of halogens is 2. The first-order valence-corrected chi connectivity index (χ1v) is 8.83. The van der Waals surface area contributed by atoms with Gasteiger partial charge in [-0.3, -0.25) is 4.98 Å². The van der Waals surface area contributed by atoms with Gasteiger partial charge in [-0.05, 0) is 43.7 Å². The fourth-order valence-corrected chi connectivity index (χ4v) is 3.01. The number of rotatable bonds is 7. The molecule has 0 bridgehead atoms. The Bertz CT molecular complexity index is 890. The number of aromatic nitrogens is 3. The second-order valence-corrected chi connectivity index (χ2v) is 7.05. The van der Waals surface area contributed by atoms with Gasteiger partial charge in [0.15, 0.2) is 0 Å². The molecule has 0 aliphatic heterocycles. The average molecular weight is 380 g/mol. The largest absolute Gasteiger partial charge is 0.388 e. The van der Waals surface area contributed by atoms with E-state index >= 15 is 0 Å². The zero-order chi connectivity index (χ0) is 19.7. The fraction of sp³-hybridized carbons (Fsp3) is 0.500. The van der Waals surface area contributed by atoms with Gasteiger partial charge in [0.2, 0.25) is 5.95 Å². The number of benzene rings is 1. The van der Waals surface area contributed by atoms with E-state index in [1.165, 1.54) is 12.1 Å². The summed E-state index contributed by atoms with van der Waals surface area (Å²) < 4.78 is 28.2. The second kappa shape index (κ2) is 7.59. The van der Waals surface area contributed by atoms with Crippen LogP contribution in [0.1, 0.15) is 56.0 Å². The minimum Gasteiger partial charge on any atom is -0.388 e. The maximum atomic E-state index is 13.7. The molecule has 1 saturated carbocycles. The van der Waals surface area contributed by atoms with Gasteiger partial charge in [0, 0.05) is 6.04 Å². The molecule has 0 amide bonds. The number of nitrogens with one attached hydrogen (secondary N) is 2. The highest BCUT2D eigenvalue weighted by Crippen LogP contribution is 2.41. The average Bonchev–Trinajstić information content (AvgIpc) is 3.43. The van der Waals surface area contributed by atoms with Crippen LogP contribution in [0.2, 0.25) is 0 Å². The summed E-state index contributed by atoms with van der Waals surface area (Å²) in [5.74, 6) is -0.153. The van der Waals surface area contributed by atoms with Crippen molar-refractivity contribution >= 4 is 5.95 Å². The molecule has 7 nitrogen and oxygen atoms in total. The van der Waals surface area contributed by atoms with E-state index in [0.29, 0.717) is 5.56 Å². The number of aromatic amines is 1. The zero-order valence-electron chi connectivity index (χ0n) is 15.0. The van der Waals surface area contributed by atoms with Crippen LogP contribution in [0.15, 0.2) is 33.9 Å². The number of hydrogen-bond acceptors (Lipinski definition) is 5. The lowest BCUT2D eigenvalue weighted by Gasteiger charge is -2.20. The molecular weight excluding hydrogens is 358 g/mol. The highest BCUT2D eigenvalue weighted by atomic mass is 19.3. The van der Waals surface area contributed by atoms with Gasteiger partial charge >= 0.3 is 11.4 Å². The first-order valence-electron chi connectivity index (χ1n) is 8.83. The molecule has 1 aromatic carbocycles. The summed E-state index contributed by atoms with van der Waals surface area (Å²) in [6.07, 6.45) is -1.68. The number of hydrogen-bond donors (Lipinski definition) is 3. The van der Waals surface area contributed by atoms with Gasteiger partial charge in [-0.1, -0.05) is 24.3 Å². The summed E-state index contributed by atoms with van der Waals surface area (Å²) in [7, 11) is 0. The predicted molar refractivity (Wildman–Crippen MR) is 96.0 cm³/mol. The molecule has 1 aliphatic rings. The number of anilines is 1. The fourth-order valence-electron chi connectivity index (χ4n) is 3.01. The molecule has 0 saturated heterocycles. The summed E-state index contributed by atoms with van der Waals surface area (Å²) in [6.45, 7) is 3.29. The second-order valence-electron chi connectivity index (χ2n) is 7.05. The molecule has 3 rings (SSSR count). The van der Waals surface area contributed by atoms with E-state index in [1.54, 1.807) is 26.0 Å². The van der Waals surface area contributed by atoms with Crippen LogP contribution in [0.5, 0.6) is 0 Å². The van der Waals surface area contributed by atoms with E-state index in [4.69, 9.17) is 0 Å². The Morgan fingerprint density at radius 1 is 1.26 bits per heavy atom. The maximum Gasteiger partial charge on any atom is 0.355 e. The molecule has 1 heterocycles. The van der Waals surface area contributed by atoms with Crippen molar-refractivity contribution in [1.29, 1.82) is 0 Å². The summed E-state index contributed by atoms with van der Waals surface area (Å²) >= 11 is 0. The molecule has 3 N–H and O–H groups in total. The van der Waals surface area contributed by atoms with Crippen molar-refractivity contribution in [2.24, 2.45) is 5.92 Å². The SMILES string of the molecule is CC(C)n1c(=O)nc(N[C@H](c2cccc([C@@H](O)C3CC3)c2)C(F)F)[nH]c1=O. The van der Waals surface area contributed by atoms with E-state index in [9.17, 15) is 23.5 Å². The van der Waals surface area contributed by atoms with Gasteiger partial charge < -0.3 is 10.4 Å². The molecule has 0 unspecified atom stereocenters. The Labute approximate surface area is 154 Å². The molecule has 0 radical (unpaired) electrons. The predicted octanol–water partition coefficient (Wildman–Crippen LogP) is 2.37. The number of nitrogens with zero attached hydrogens (tertiary/aromatic N) is 2. The third kappa shape index (κ3) is 4.24. The third-order valence-electron chi connectivity index (χ3n) is 4.60. The first-order chi connectivity index (χ1) is 12.8. The van der Waals surface area contributed by atoms with Gasteiger partial charge in [-0.2, -0.15) is 4.98 Å². The highest BCUT2D eigenvalue weighted by molar-refractivity contribution is 5.35. The van der Waals surface area contributed by atoms with Crippen LogP contribution in [-0.2, 0) is 0 Å². The van der Waals surface area contributed by atoms with Crippen LogP contribution in [0, 0.1) is 5.92 Å². The smallest absolute Gasteiger partial charge is 0.355 e. The lowest BCUT2D eigenvalue weighted by atomic mass is 9.99. The van der Waals surface area contributed by atoms with Gasteiger partial charge in [-0.25, -0.2) is 22.9 Å². The molecule has 2 aromatic rings. The summed E-state index contributed by atoms with van der Waals surface area (Å²) in [5, 5.41) is 12.7. The van der Waals surface area contributed by atoms with Crippen LogP contribution in [0.3, 0.4) is 0 Å². The lowest BCUT2D eigenvalue weighted by Crippen LogP contribution is -2.39. The van der Waals surface area contributed by atoms with Gasteiger partial charge in [0.1, 0.15) is 6.04 Å². The Morgan fingerprint density at radius 2 is 1.93 bits per heavy atom. The van der Waals surface area contributed by atoms with Crippen molar-refractivity contribution in [2.45, 2.75) is 51.3 Å². The Kier molecular flexibility index (Phi) is 5.41.